The first-order chi connectivity index (χ1) is 21.8. The topological polar surface area (TPSA) is 0 Å². The molecule has 44 heavy (non-hydrogen) atoms. The molecule has 0 fully saturated rings. The van der Waals surface area contributed by atoms with Crippen LogP contribution in [0.15, 0.2) is 170 Å². The molecule has 0 unspecified atom stereocenters. The van der Waals surface area contributed by atoms with Crippen molar-refractivity contribution in [2.24, 2.45) is 0 Å². The van der Waals surface area contributed by atoms with Crippen LogP contribution in [-0.4, -0.2) is 0 Å². The Morgan fingerprint density at radius 1 is 0.227 bits per heavy atom. The van der Waals surface area contributed by atoms with Crippen molar-refractivity contribution in [2.45, 2.75) is 0 Å². The third-order valence-corrected chi connectivity index (χ3v) is 9.23. The number of rotatable bonds is 3. The van der Waals surface area contributed by atoms with Crippen LogP contribution in [0, 0.1) is 0 Å². The molecule has 0 saturated carbocycles. The summed E-state index contributed by atoms with van der Waals surface area (Å²) in [5, 5.41) is 12.7. The van der Waals surface area contributed by atoms with E-state index in [0.717, 1.165) is 0 Å². The van der Waals surface area contributed by atoms with Crippen LogP contribution in [-0.2, 0) is 0 Å². The Morgan fingerprint density at radius 3 is 1.41 bits per heavy atom. The number of hydrogen-bond acceptors (Lipinski definition) is 0. The minimum Gasteiger partial charge on any atom is -0.0616 e. The fraction of sp³-hybridized carbons (Fsp3) is 0. The van der Waals surface area contributed by atoms with Crippen LogP contribution in [0.3, 0.4) is 0 Å². The van der Waals surface area contributed by atoms with Crippen molar-refractivity contribution in [3.05, 3.63) is 170 Å². The maximum atomic E-state index is 2.38. The van der Waals surface area contributed by atoms with E-state index in [0.29, 0.717) is 0 Å². The maximum absolute atomic E-state index is 2.38. The van der Waals surface area contributed by atoms with E-state index in [-0.39, 0.29) is 0 Å². The number of hydrogen-bond donors (Lipinski definition) is 0. The largest absolute Gasteiger partial charge is 0.0616 e. The molecule has 0 aliphatic carbocycles. The van der Waals surface area contributed by atoms with Crippen molar-refractivity contribution in [3.8, 4) is 33.4 Å². The van der Waals surface area contributed by atoms with E-state index < -0.39 is 0 Å². The molecule has 9 aromatic rings. The summed E-state index contributed by atoms with van der Waals surface area (Å²) in [4.78, 5) is 0. The average Bonchev–Trinajstić information content (AvgIpc) is 3.10. The highest BCUT2D eigenvalue weighted by Crippen LogP contribution is 2.48. The molecule has 0 spiro atoms. The van der Waals surface area contributed by atoms with Crippen molar-refractivity contribution in [1.82, 2.24) is 0 Å². The van der Waals surface area contributed by atoms with Gasteiger partial charge in [0.1, 0.15) is 0 Å². The Balaban J connectivity index is 1.45. The van der Waals surface area contributed by atoms with E-state index >= 15 is 0 Å². The van der Waals surface area contributed by atoms with Gasteiger partial charge in [0.15, 0.2) is 0 Å². The minimum absolute atomic E-state index is 1.24. The second-order valence-electron chi connectivity index (χ2n) is 11.6. The van der Waals surface area contributed by atoms with Crippen LogP contribution in [0.2, 0.25) is 0 Å². The van der Waals surface area contributed by atoms with Crippen molar-refractivity contribution < 1.29 is 0 Å². The molecule has 0 bridgehead atoms. The molecule has 0 heterocycles. The van der Waals surface area contributed by atoms with Gasteiger partial charge in [0.2, 0.25) is 0 Å². The Kier molecular flexibility index (Phi) is 5.61. The third kappa shape index (κ3) is 3.78. The number of benzene rings is 9. The lowest BCUT2D eigenvalue weighted by Gasteiger charge is -2.21. The Labute approximate surface area is 256 Å². The van der Waals surface area contributed by atoms with Crippen LogP contribution in [0.4, 0.5) is 0 Å². The normalized spacial score (nSPS) is 11.6. The van der Waals surface area contributed by atoms with Crippen LogP contribution >= 0.6 is 0 Å². The lowest BCUT2D eigenvalue weighted by atomic mass is 9.81. The third-order valence-electron chi connectivity index (χ3n) is 9.23. The summed E-state index contributed by atoms with van der Waals surface area (Å²) in [5.41, 5.74) is 7.55. The van der Waals surface area contributed by atoms with Gasteiger partial charge >= 0.3 is 0 Å². The zero-order valence-corrected chi connectivity index (χ0v) is 24.2. The molecule has 0 N–H and O–H groups in total. The van der Waals surface area contributed by atoms with Gasteiger partial charge in [0.25, 0.3) is 0 Å². The molecule has 204 valence electrons. The molecule has 0 aliphatic rings. The molecule has 0 atom stereocenters. The molecule has 9 rings (SSSR count). The van der Waals surface area contributed by atoms with E-state index in [1.807, 2.05) is 0 Å². The summed E-state index contributed by atoms with van der Waals surface area (Å²) in [6, 6.07) is 62.4. The van der Waals surface area contributed by atoms with E-state index in [1.165, 1.54) is 87.2 Å². The van der Waals surface area contributed by atoms with Crippen LogP contribution in [0.5, 0.6) is 0 Å². The summed E-state index contributed by atoms with van der Waals surface area (Å²) in [6.07, 6.45) is 0. The van der Waals surface area contributed by atoms with Crippen molar-refractivity contribution in [3.63, 3.8) is 0 Å². The molecular weight excluding hydrogens is 528 g/mol. The van der Waals surface area contributed by atoms with Crippen molar-refractivity contribution >= 4 is 53.9 Å². The second kappa shape index (κ2) is 9.93. The maximum Gasteiger partial charge on any atom is -0.00141 e. The molecule has 0 radical (unpaired) electrons. The van der Waals surface area contributed by atoms with E-state index in [4.69, 9.17) is 0 Å². The molecule has 0 saturated heterocycles. The van der Waals surface area contributed by atoms with Crippen molar-refractivity contribution in [1.29, 1.82) is 0 Å². The SMILES string of the molecule is c1ccc(-c2c(-c3ccc4ccccc4c3)c3ccccc3c3ccccc23)c(-c2cc3ccccc3c3ccccc23)c1. The van der Waals surface area contributed by atoms with Gasteiger partial charge < -0.3 is 0 Å². The van der Waals surface area contributed by atoms with Gasteiger partial charge in [-0.1, -0.05) is 158 Å². The molecule has 0 amide bonds. The van der Waals surface area contributed by atoms with Crippen molar-refractivity contribution in [2.75, 3.05) is 0 Å². The monoisotopic (exact) mass is 556 g/mol. The predicted octanol–water partition coefficient (Wildman–Crippen LogP) is 12.5. The van der Waals surface area contributed by atoms with Gasteiger partial charge in [0, 0.05) is 0 Å². The fourth-order valence-corrected chi connectivity index (χ4v) is 7.28. The average molecular weight is 557 g/mol. The van der Waals surface area contributed by atoms with Crippen LogP contribution < -0.4 is 0 Å². The van der Waals surface area contributed by atoms with Gasteiger partial charge in [-0.15, -0.1) is 0 Å². The van der Waals surface area contributed by atoms with Gasteiger partial charge in [-0.3, -0.25) is 0 Å². The Morgan fingerprint density at radius 2 is 0.705 bits per heavy atom. The highest BCUT2D eigenvalue weighted by Gasteiger charge is 2.21. The minimum atomic E-state index is 1.24. The second-order valence-corrected chi connectivity index (χ2v) is 11.6. The van der Waals surface area contributed by atoms with Crippen LogP contribution in [0.1, 0.15) is 0 Å². The molecule has 9 aromatic carbocycles. The smallest absolute Gasteiger partial charge is 0.00141 e. The standard InChI is InChI=1S/C44H28/c1-2-14-30-27-32(26-25-29(30)13-1)43-39-22-10-7-18-35(39)36-19-8-11-23-40(36)44(43)41-24-12-9-21-38(41)42-28-31-15-3-4-16-33(31)34-17-5-6-20-37(34)42/h1-28H. The zero-order valence-electron chi connectivity index (χ0n) is 24.2. The molecule has 0 nitrogen and oxygen atoms in total. The summed E-state index contributed by atoms with van der Waals surface area (Å²) in [6.45, 7) is 0. The quantitative estimate of drug-likeness (QED) is 0.190. The molecular formula is C44H28. The first-order valence-electron chi connectivity index (χ1n) is 15.3. The lowest BCUT2D eigenvalue weighted by Crippen LogP contribution is -1.94. The first kappa shape index (κ1) is 24.8. The molecule has 0 heteroatoms. The first-order valence-corrected chi connectivity index (χ1v) is 15.3. The van der Waals surface area contributed by atoms with Gasteiger partial charge in [-0.2, -0.15) is 0 Å². The summed E-state index contributed by atoms with van der Waals surface area (Å²) in [7, 11) is 0. The van der Waals surface area contributed by atoms with Gasteiger partial charge in [-0.25, -0.2) is 0 Å². The fourth-order valence-electron chi connectivity index (χ4n) is 7.28. The number of fused-ring (bicyclic) bond motifs is 7. The predicted molar refractivity (Wildman–Crippen MR) is 190 cm³/mol. The van der Waals surface area contributed by atoms with E-state index in [1.54, 1.807) is 0 Å². The molecule has 0 aliphatic heterocycles. The van der Waals surface area contributed by atoms with E-state index in [2.05, 4.69) is 170 Å². The summed E-state index contributed by atoms with van der Waals surface area (Å²) in [5.74, 6) is 0. The Bertz CT molecular complexity index is 2550. The van der Waals surface area contributed by atoms with E-state index in [9.17, 15) is 0 Å². The highest BCUT2D eigenvalue weighted by atomic mass is 14.2. The highest BCUT2D eigenvalue weighted by molar-refractivity contribution is 6.23. The summed E-state index contributed by atoms with van der Waals surface area (Å²) >= 11 is 0. The summed E-state index contributed by atoms with van der Waals surface area (Å²) < 4.78 is 0. The lowest BCUT2D eigenvalue weighted by molar-refractivity contribution is 1.62. The molecule has 0 aromatic heterocycles. The zero-order chi connectivity index (χ0) is 29.0. The van der Waals surface area contributed by atoms with Gasteiger partial charge in [0.05, 0.1) is 0 Å². The van der Waals surface area contributed by atoms with Gasteiger partial charge in [-0.05, 0) is 99.4 Å². The van der Waals surface area contributed by atoms with Crippen LogP contribution in [0.25, 0.3) is 87.2 Å². The Hall–Kier alpha value is -5.72.